The fourth-order valence-corrected chi connectivity index (χ4v) is 3.81. The normalized spacial score (nSPS) is 28.3. The Labute approximate surface area is 193 Å². The Morgan fingerprint density at radius 1 is 0.875 bits per heavy atom. The van der Waals surface area contributed by atoms with Gasteiger partial charge in [-0.3, -0.25) is 0 Å². The van der Waals surface area contributed by atoms with Crippen LogP contribution in [0.1, 0.15) is 84.0 Å². The van der Waals surface area contributed by atoms with Gasteiger partial charge in [0.1, 0.15) is 24.4 Å². The summed E-state index contributed by atoms with van der Waals surface area (Å²) >= 11 is 0. The molecule has 1 aliphatic rings. The second-order valence-electron chi connectivity index (χ2n) is 8.94. The van der Waals surface area contributed by atoms with Gasteiger partial charge in [0.05, 0.1) is 25.4 Å². The van der Waals surface area contributed by atoms with Gasteiger partial charge in [0.15, 0.2) is 6.29 Å². The van der Waals surface area contributed by atoms with Crippen molar-refractivity contribution in [3.8, 4) is 0 Å². The van der Waals surface area contributed by atoms with Crippen molar-refractivity contribution in [1.29, 1.82) is 0 Å². The summed E-state index contributed by atoms with van der Waals surface area (Å²) in [6, 6.07) is -0.740. The lowest BCUT2D eigenvalue weighted by Crippen LogP contribution is -2.59. The van der Waals surface area contributed by atoms with E-state index >= 15 is 0 Å². The molecule has 0 aliphatic carbocycles. The maximum Gasteiger partial charge on any atom is 0.186 e. The van der Waals surface area contributed by atoms with Crippen LogP contribution < -0.4 is 5.73 Å². The first-order chi connectivity index (χ1) is 15.4. The van der Waals surface area contributed by atoms with Gasteiger partial charge in [-0.15, -0.1) is 0 Å². The number of unbranched alkanes of at least 4 members (excludes halogenated alkanes) is 11. The minimum atomic E-state index is -1.50. The molecule has 1 saturated heterocycles. The van der Waals surface area contributed by atoms with Crippen LogP contribution in [0.15, 0.2) is 12.2 Å². The molecule has 4 unspecified atom stereocenters. The molecule has 0 radical (unpaired) electrons. The summed E-state index contributed by atoms with van der Waals surface area (Å²) in [6.45, 7) is 1.60. The van der Waals surface area contributed by atoms with Crippen LogP contribution >= 0.6 is 0 Å². The molecule has 7 N–H and O–H groups in total. The Bertz CT molecular complexity index is 477. The van der Waals surface area contributed by atoms with Gasteiger partial charge >= 0.3 is 0 Å². The monoisotopic (exact) mass is 461 g/mol. The number of allylic oxidation sites excluding steroid dienone is 1. The van der Waals surface area contributed by atoms with Crippen molar-refractivity contribution < 1.29 is 35.0 Å². The molecule has 0 saturated carbocycles. The largest absolute Gasteiger partial charge is 0.394 e. The van der Waals surface area contributed by atoms with Gasteiger partial charge in [-0.25, -0.2) is 0 Å². The molecule has 1 rings (SSSR count). The maximum atomic E-state index is 10.2. The fraction of sp³-hybridized carbons (Fsp3) is 0.917. The van der Waals surface area contributed by atoms with Crippen molar-refractivity contribution in [3.63, 3.8) is 0 Å². The molecule has 0 bridgehead atoms. The van der Waals surface area contributed by atoms with E-state index in [4.69, 9.17) is 15.2 Å². The summed E-state index contributed by atoms with van der Waals surface area (Å²) in [4.78, 5) is 0. The summed E-state index contributed by atoms with van der Waals surface area (Å²) < 4.78 is 10.6. The number of rotatable bonds is 18. The average Bonchev–Trinajstić information content (AvgIpc) is 2.79. The Balaban J connectivity index is 2.10. The summed E-state index contributed by atoms with van der Waals surface area (Å²) in [5.41, 5.74) is 5.93. The number of hydrogen-bond donors (Lipinski definition) is 6. The van der Waals surface area contributed by atoms with Gasteiger partial charge in [0.25, 0.3) is 0 Å². The van der Waals surface area contributed by atoms with Crippen molar-refractivity contribution in [1.82, 2.24) is 0 Å². The van der Waals surface area contributed by atoms with E-state index < -0.39 is 49.5 Å². The Morgan fingerprint density at radius 2 is 1.44 bits per heavy atom. The molecule has 8 nitrogen and oxygen atoms in total. The SMILES string of the molecule is CCCCCCCCCCCCC/C=C/C(O)[C@@H](N)COC1OC(CO)[C@@H](O)C(O)[C@H]1O. The van der Waals surface area contributed by atoms with Crippen LogP contribution in [-0.4, -0.2) is 81.6 Å². The standard InChI is InChI=1S/C24H47NO7/c1-2-3-4-5-6-7-8-9-10-11-12-13-14-15-19(27)18(25)17-31-24-23(30)22(29)21(28)20(16-26)32-24/h14-15,18-24,26-30H,2-13,16-17,25H2,1H3/b15-14+/t18-,19?,20?,21+,22?,23+,24?/m0/s1. The molecule has 190 valence electrons. The quantitative estimate of drug-likeness (QED) is 0.134. The van der Waals surface area contributed by atoms with Gasteiger partial charge < -0.3 is 40.7 Å². The highest BCUT2D eigenvalue weighted by Crippen LogP contribution is 2.22. The molecule has 0 aromatic carbocycles. The average molecular weight is 462 g/mol. The van der Waals surface area contributed by atoms with E-state index in [9.17, 15) is 25.5 Å². The number of ether oxygens (including phenoxy) is 2. The summed E-state index contributed by atoms with van der Waals surface area (Å²) in [5.74, 6) is 0. The van der Waals surface area contributed by atoms with Crippen molar-refractivity contribution in [2.24, 2.45) is 5.73 Å². The molecule has 32 heavy (non-hydrogen) atoms. The molecule has 0 aromatic heterocycles. The molecule has 1 fully saturated rings. The Hall–Kier alpha value is -0.580. The minimum absolute atomic E-state index is 0.118. The molecule has 0 spiro atoms. The van der Waals surface area contributed by atoms with Crippen LogP contribution in [-0.2, 0) is 9.47 Å². The number of aliphatic hydroxyl groups is 5. The van der Waals surface area contributed by atoms with Crippen molar-refractivity contribution in [3.05, 3.63) is 12.2 Å². The predicted molar refractivity (Wildman–Crippen MR) is 124 cm³/mol. The van der Waals surface area contributed by atoms with Crippen molar-refractivity contribution in [2.45, 2.75) is 127 Å². The predicted octanol–water partition coefficient (Wildman–Crippen LogP) is 1.75. The highest BCUT2D eigenvalue weighted by Gasteiger charge is 2.44. The first kappa shape index (κ1) is 29.5. The van der Waals surface area contributed by atoms with Gasteiger partial charge in [-0.1, -0.05) is 83.3 Å². The summed E-state index contributed by atoms with van der Waals surface area (Å²) in [7, 11) is 0. The molecule has 1 heterocycles. The van der Waals surface area contributed by atoms with Crippen LogP contribution in [0.25, 0.3) is 0 Å². The first-order valence-electron chi connectivity index (χ1n) is 12.4. The van der Waals surface area contributed by atoms with Crippen molar-refractivity contribution in [2.75, 3.05) is 13.2 Å². The molecular formula is C24H47NO7. The number of nitrogens with two attached hydrogens (primary N) is 1. The van der Waals surface area contributed by atoms with E-state index in [2.05, 4.69) is 6.92 Å². The number of hydrogen-bond acceptors (Lipinski definition) is 8. The third-order valence-corrected chi connectivity index (χ3v) is 6.05. The lowest BCUT2D eigenvalue weighted by Gasteiger charge is -2.39. The number of aliphatic hydroxyl groups excluding tert-OH is 5. The highest BCUT2D eigenvalue weighted by molar-refractivity contribution is 4.94. The van der Waals surface area contributed by atoms with E-state index in [1.54, 1.807) is 6.08 Å². The van der Waals surface area contributed by atoms with Crippen LogP contribution in [0.5, 0.6) is 0 Å². The zero-order valence-electron chi connectivity index (χ0n) is 19.7. The highest BCUT2D eigenvalue weighted by atomic mass is 16.7. The van der Waals surface area contributed by atoms with E-state index in [1.807, 2.05) is 6.08 Å². The van der Waals surface area contributed by atoms with Gasteiger partial charge in [-0.05, 0) is 12.8 Å². The fourth-order valence-electron chi connectivity index (χ4n) is 3.81. The zero-order chi connectivity index (χ0) is 23.8. The topological polar surface area (TPSA) is 146 Å². The minimum Gasteiger partial charge on any atom is -0.394 e. The van der Waals surface area contributed by atoms with E-state index in [0.717, 1.165) is 12.8 Å². The maximum absolute atomic E-state index is 10.2. The lowest BCUT2D eigenvalue weighted by atomic mass is 9.99. The zero-order valence-corrected chi connectivity index (χ0v) is 19.7. The molecule has 0 aromatic rings. The van der Waals surface area contributed by atoms with Gasteiger partial charge in [-0.2, -0.15) is 0 Å². The van der Waals surface area contributed by atoms with Crippen LogP contribution in [0.4, 0.5) is 0 Å². The second kappa shape index (κ2) is 17.8. The summed E-state index contributed by atoms with van der Waals surface area (Å²) in [6.07, 6.45) is 11.1. The smallest absolute Gasteiger partial charge is 0.186 e. The van der Waals surface area contributed by atoms with Crippen LogP contribution in [0.3, 0.4) is 0 Å². The summed E-state index contributed by atoms with van der Waals surface area (Å²) in [5, 5.41) is 48.8. The molecule has 7 atom stereocenters. The van der Waals surface area contributed by atoms with Crippen molar-refractivity contribution >= 4 is 0 Å². The first-order valence-corrected chi connectivity index (χ1v) is 12.4. The third kappa shape index (κ3) is 11.5. The molecule has 1 aliphatic heterocycles. The van der Waals surface area contributed by atoms with E-state index in [1.165, 1.54) is 64.2 Å². The second-order valence-corrected chi connectivity index (χ2v) is 8.94. The molecule has 0 amide bonds. The van der Waals surface area contributed by atoms with Gasteiger partial charge in [0, 0.05) is 0 Å². The van der Waals surface area contributed by atoms with E-state index in [0.29, 0.717) is 0 Å². The lowest BCUT2D eigenvalue weighted by molar-refractivity contribution is -0.302. The van der Waals surface area contributed by atoms with Gasteiger partial charge in [0.2, 0.25) is 0 Å². The Kier molecular flexibility index (Phi) is 16.4. The Morgan fingerprint density at radius 3 is 2.00 bits per heavy atom. The van der Waals surface area contributed by atoms with Crippen LogP contribution in [0.2, 0.25) is 0 Å². The third-order valence-electron chi connectivity index (χ3n) is 6.05. The molecule has 8 heteroatoms. The molecular weight excluding hydrogens is 414 g/mol. The van der Waals surface area contributed by atoms with Crippen LogP contribution in [0, 0.1) is 0 Å². The van der Waals surface area contributed by atoms with E-state index in [-0.39, 0.29) is 6.61 Å².